The Labute approximate surface area is 139 Å². The molecule has 126 valence electrons. The van der Waals surface area contributed by atoms with E-state index in [9.17, 15) is 17.9 Å². The highest BCUT2D eigenvalue weighted by molar-refractivity contribution is 7.91. The van der Waals surface area contributed by atoms with Crippen molar-refractivity contribution in [2.75, 3.05) is 4.31 Å². The van der Waals surface area contributed by atoms with Crippen LogP contribution >= 0.6 is 0 Å². The SMILES string of the molecule is Cc1cc(F)c(N2C=C(O)NS2(=O)=O)c(OCc2ccccc2)c1. The molecule has 2 N–H and O–H groups in total. The fraction of sp³-hybridized carbons (Fsp3) is 0.125. The maximum absolute atomic E-state index is 14.4. The van der Waals surface area contributed by atoms with E-state index in [0.29, 0.717) is 9.87 Å². The zero-order valence-corrected chi connectivity index (χ0v) is 13.5. The van der Waals surface area contributed by atoms with Crippen LogP contribution in [-0.4, -0.2) is 13.5 Å². The molecule has 6 nitrogen and oxygen atoms in total. The van der Waals surface area contributed by atoms with Crippen molar-refractivity contribution in [1.29, 1.82) is 0 Å². The molecule has 0 fully saturated rings. The van der Waals surface area contributed by atoms with Gasteiger partial charge in [0.05, 0.1) is 6.20 Å². The maximum Gasteiger partial charge on any atom is 0.330 e. The summed E-state index contributed by atoms with van der Waals surface area (Å²) in [6.07, 6.45) is 0.887. The summed E-state index contributed by atoms with van der Waals surface area (Å²) in [5, 5.41) is 9.41. The lowest BCUT2D eigenvalue weighted by Gasteiger charge is -2.19. The predicted molar refractivity (Wildman–Crippen MR) is 87.2 cm³/mol. The van der Waals surface area contributed by atoms with Gasteiger partial charge in [-0.05, 0) is 30.2 Å². The molecule has 1 heterocycles. The molecule has 0 amide bonds. The first-order chi connectivity index (χ1) is 11.4. The van der Waals surface area contributed by atoms with Crippen LogP contribution in [-0.2, 0) is 16.8 Å². The monoisotopic (exact) mass is 350 g/mol. The second-order valence-corrected chi connectivity index (χ2v) is 6.83. The Morgan fingerprint density at radius 2 is 1.96 bits per heavy atom. The first kappa shape index (κ1) is 16.1. The molecule has 0 saturated carbocycles. The Hall–Kier alpha value is -2.74. The molecule has 24 heavy (non-hydrogen) atoms. The third-order valence-corrected chi connectivity index (χ3v) is 4.64. The molecule has 8 heteroatoms. The summed E-state index contributed by atoms with van der Waals surface area (Å²) in [5.41, 5.74) is 1.15. The van der Waals surface area contributed by atoms with Gasteiger partial charge in [0.25, 0.3) is 0 Å². The van der Waals surface area contributed by atoms with Gasteiger partial charge in [-0.1, -0.05) is 30.3 Å². The predicted octanol–water partition coefficient (Wildman–Crippen LogP) is 2.72. The van der Waals surface area contributed by atoms with E-state index in [0.717, 1.165) is 11.8 Å². The van der Waals surface area contributed by atoms with Crippen LogP contribution in [0.2, 0.25) is 0 Å². The van der Waals surface area contributed by atoms with Gasteiger partial charge in [-0.15, -0.1) is 0 Å². The van der Waals surface area contributed by atoms with Gasteiger partial charge in [0.1, 0.15) is 18.0 Å². The van der Waals surface area contributed by atoms with Crippen molar-refractivity contribution in [3.05, 3.63) is 71.5 Å². The number of rotatable bonds is 4. The van der Waals surface area contributed by atoms with Crippen molar-refractivity contribution in [3.8, 4) is 5.75 Å². The maximum atomic E-state index is 14.4. The van der Waals surface area contributed by atoms with Gasteiger partial charge in [-0.3, -0.25) is 0 Å². The topological polar surface area (TPSA) is 78.9 Å². The number of anilines is 1. The quantitative estimate of drug-likeness (QED) is 0.889. The van der Waals surface area contributed by atoms with E-state index in [2.05, 4.69) is 0 Å². The minimum Gasteiger partial charge on any atom is -0.493 e. The van der Waals surface area contributed by atoms with Crippen LogP contribution in [0.25, 0.3) is 0 Å². The highest BCUT2D eigenvalue weighted by Gasteiger charge is 2.33. The molecule has 0 aliphatic carbocycles. The molecule has 0 saturated heterocycles. The molecule has 3 rings (SSSR count). The number of benzene rings is 2. The van der Waals surface area contributed by atoms with Gasteiger partial charge in [0.15, 0.2) is 5.82 Å². The Kier molecular flexibility index (Phi) is 4.06. The van der Waals surface area contributed by atoms with Crippen molar-refractivity contribution in [3.63, 3.8) is 0 Å². The smallest absolute Gasteiger partial charge is 0.330 e. The molecule has 1 aliphatic heterocycles. The van der Waals surface area contributed by atoms with E-state index in [1.807, 2.05) is 35.1 Å². The van der Waals surface area contributed by atoms with Crippen LogP contribution in [0.1, 0.15) is 11.1 Å². The molecule has 0 bridgehead atoms. The van der Waals surface area contributed by atoms with Crippen molar-refractivity contribution in [1.82, 2.24) is 4.72 Å². The number of aryl methyl sites for hydroxylation is 1. The Bertz CT molecular complexity index is 898. The summed E-state index contributed by atoms with van der Waals surface area (Å²) in [7, 11) is -4.11. The zero-order valence-electron chi connectivity index (χ0n) is 12.7. The first-order valence-electron chi connectivity index (χ1n) is 7.06. The van der Waals surface area contributed by atoms with E-state index >= 15 is 0 Å². The molecule has 0 spiro atoms. The largest absolute Gasteiger partial charge is 0.493 e. The summed E-state index contributed by atoms with van der Waals surface area (Å²) in [6, 6.07) is 12.0. The lowest BCUT2D eigenvalue weighted by molar-refractivity contribution is 0.306. The van der Waals surface area contributed by atoms with Crippen LogP contribution in [0.4, 0.5) is 10.1 Å². The molecule has 0 radical (unpaired) electrons. The van der Waals surface area contributed by atoms with E-state index in [4.69, 9.17) is 4.74 Å². The summed E-state index contributed by atoms with van der Waals surface area (Å²) in [6.45, 7) is 1.82. The second kappa shape index (κ2) is 6.04. The van der Waals surface area contributed by atoms with Crippen molar-refractivity contribution < 1.29 is 22.7 Å². The van der Waals surface area contributed by atoms with Gasteiger partial charge in [0, 0.05) is 0 Å². The summed E-state index contributed by atoms with van der Waals surface area (Å²) >= 11 is 0. The van der Waals surface area contributed by atoms with Gasteiger partial charge in [-0.2, -0.15) is 8.42 Å². The summed E-state index contributed by atoms with van der Waals surface area (Å²) < 4.78 is 46.6. The van der Waals surface area contributed by atoms with Crippen molar-refractivity contribution >= 4 is 15.9 Å². The fourth-order valence-corrected chi connectivity index (χ4v) is 3.41. The van der Waals surface area contributed by atoms with E-state index in [1.54, 1.807) is 13.0 Å². The van der Waals surface area contributed by atoms with Gasteiger partial charge < -0.3 is 9.84 Å². The minimum atomic E-state index is -4.11. The molecule has 1 aliphatic rings. The number of halogens is 1. The Balaban J connectivity index is 2.00. The Morgan fingerprint density at radius 3 is 2.58 bits per heavy atom. The highest BCUT2D eigenvalue weighted by atomic mass is 32.2. The van der Waals surface area contributed by atoms with Crippen LogP contribution in [0.3, 0.4) is 0 Å². The van der Waals surface area contributed by atoms with Crippen LogP contribution in [0.15, 0.2) is 54.5 Å². The van der Waals surface area contributed by atoms with E-state index in [1.165, 1.54) is 6.07 Å². The molecule has 0 unspecified atom stereocenters. The number of hydrogen-bond acceptors (Lipinski definition) is 4. The van der Waals surface area contributed by atoms with Gasteiger partial charge in [0.2, 0.25) is 5.88 Å². The van der Waals surface area contributed by atoms with Crippen molar-refractivity contribution in [2.24, 2.45) is 0 Å². The molecule has 2 aromatic rings. The van der Waals surface area contributed by atoms with Crippen LogP contribution in [0.5, 0.6) is 5.75 Å². The van der Waals surface area contributed by atoms with Crippen LogP contribution in [0, 0.1) is 12.7 Å². The summed E-state index contributed by atoms with van der Waals surface area (Å²) in [4.78, 5) is 0. The van der Waals surface area contributed by atoms with Crippen LogP contribution < -0.4 is 13.8 Å². The number of nitrogens with zero attached hydrogens (tertiary/aromatic N) is 1. The molecular formula is C16H15FN2O4S. The lowest BCUT2D eigenvalue weighted by atomic mass is 10.2. The Morgan fingerprint density at radius 1 is 1.25 bits per heavy atom. The second-order valence-electron chi connectivity index (χ2n) is 5.29. The van der Waals surface area contributed by atoms with Gasteiger partial charge >= 0.3 is 10.2 Å². The summed E-state index contributed by atoms with van der Waals surface area (Å²) in [5.74, 6) is -1.30. The standard InChI is InChI=1S/C16H15FN2O4S/c1-11-7-13(17)16(19-9-15(20)18-24(19,21)22)14(8-11)23-10-12-5-3-2-4-6-12/h2-9,18,20H,10H2,1H3. The molecule has 2 aromatic carbocycles. The number of aliphatic hydroxyl groups excluding tert-OH is 1. The third kappa shape index (κ3) is 3.13. The van der Waals surface area contributed by atoms with Gasteiger partial charge in [-0.25, -0.2) is 13.4 Å². The zero-order chi connectivity index (χ0) is 17.3. The molecule has 0 aromatic heterocycles. The average molecular weight is 350 g/mol. The third-order valence-electron chi connectivity index (χ3n) is 3.36. The number of ether oxygens (including phenoxy) is 1. The average Bonchev–Trinajstić information content (AvgIpc) is 2.78. The number of hydrogen-bond donors (Lipinski definition) is 2. The highest BCUT2D eigenvalue weighted by Crippen LogP contribution is 2.36. The van der Waals surface area contributed by atoms with Crippen molar-refractivity contribution in [2.45, 2.75) is 13.5 Å². The van der Waals surface area contributed by atoms with E-state index < -0.39 is 21.9 Å². The normalized spacial score (nSPS) is 15.8. The lowest BCUT2D eigenvalue weighted by Crippen LogP contribution is -2.30. The van der Waals surface area contributed by atoms with E-state index in [-0.39, 0.29) is 18.0 Å². The number of aliphatic hydroxyl groups is 1. The first-order valence-corrected chi connectivity index (χ1v) is 8.50. The molecule has 0 atom stereocenters. The fourth-order valence-electron chi connectivity index (χ4n) is 2.33. The molecular weight excluding hydrogens is 335 g/mol. The minimum absolute atomic E-state index is 0.0627. The number of nitrogens with one attached hydrogen (secondary N) is 1.